The summed E-state index contributed by atoms with van der Waals surface area (Å²) >= 11 is -0.571. The maximum atomic E-state index is 2.58. The van der Waals surface area contributed by atoms with Crippen molar-refractivity contribution in [3.63, 3.8) is 0 Å². The van der Waals surface area contributed by atoms with E-state index in [1.54, 1.807) is 20.0 Å². The van der Waals surface area contributed by atoms with Gasteiger partial charge in [0, 0.05) is 0 Å². The number of benzene rings is 4. The Balaban J connectivity index is 0.00000168. The Morgan fingerprint density at radius 2 is 1.53 bits per heavy atom. The summed E-state index contributed by atoms with van der Waals surface area (Å²) in [7, 11) is 0. The van der Waals surface area contributed by atoms with E-state index in [0.717, 1.165) is 6.42 Å². The van der Waals surface area contributed by atoms with Gasteiger partial charge >= 0.3 is 230 Å². The minimum Gasteiger partial charge on any atom is -1.00 e. The smallest absolute Gasteiger partial charge is 1.00 e. The number of hydrogen-bond acceptors (Lipinski definition) is 0. The van der Waals surface area contributed by atoms with Crippen molar-refractivity contribution in [2.45, 2.75) is 51.6 Å². The van der Waals surface area contributed by atoms with E-state index in [0.29, 0.717) is 5.92 Å². The fourth-order valence-electron chi connectivity index (χ4n) is 6.27. The fourth-order valence-corrected chi connectivity index (χ4v) is 14.5. The third-order valence-electron chi connectivity index (χ3n) is 7.82. The van der Waals surface area contributed by atoms with E-state index in [2.05, 4.69) is 111 Å². The summed E-state index contributed by atoms with van der Waals surface area (Å²) in [6, 6.07) is 32.2. The summed E-state index contributed by atoms with van der Waals surface area (Å²) in [6.07, 6.45) is 7.39. The van der Waals surface area contributed by atoms with Crippen LogP contribution in [0.15, 0.2) is 90.5 Å². The molecule has 0 aliphatic heterocycles. The molecule has 0 saturated heterocycles. The standard InChI is InChI=1S/C32H27.C2H7Si.2ClH.Zr/c1-2-3-11-24-21-30-25(22-12-5-4-6-13-22)16-9-18-28(30)32(24)29-19-10-17-27-26-15-8-7-14-23(26)20-31(27)29;1-3-2;;;/h4-10,12-18,21,32H,2-3,11,20H2,1H3;3H,1-2H3;2*1H;/q;;;;+2/p-2. The number of unbranched alkanes of at least 4 members (excludes halogenated alkanes) is 1. The van der Waals surface area contributed by atoms with Gasteiger partial charge in [-0.05, 0) is 0 Å². The van der Waals surface area contributed by atoms with Crippen molar-refractivity contribution >= 4 is 15.3 Å². The largest absolute Gasteiger partial charge is 1.00 e. The Labute approximate surface area is 252 Å². The van der Waals surface area contributed by atoms with Crippen LogP contribution in [0.4, 0.5) is 0 Å². The van der Waals surface area contributed by atoms with Gasteiger partial charge in [-0.15, -0.1) is 0 Å². The molecule has 1 atom stereocenters. The molecule has 192 valence electrons. The normalized spacial score (nSPS) is 14.5. The van der Waals surface area contributed by atoms with E-state index in [9.17, 15) is 0 Å². The van der Waals surface area contributed by atoms with Crippen molar-refractivity contribution in [1.82, 2.24) is 0 Å². The molecule has 0 aromatic heterocycles. The molecule has 0 amide bonds. The molecular formula is C34H34Cl2SiZr. The van der Waals surface area contributed by atoms with Gasteiger partial charge in [-0.2, -0.15) is 0 Å². The third kappa shape index (κ3) is 5.35. The Morgan fingerprint density at radius 1 is 0.789 bits per heavy atom. The first-order chi connectivity index (χ1) is 17.7. The monoisotopic (exact) mass is 630 g/mol. The van der Waals surface area contributed by atoms with Crippen LogP contribution in [-0.2, 0) is 28.8 Å². The van der Waals surface area contributed by atoms with Crippen LogP contribution in [0.2, 0.25) is 13.1 Å². The predicted molar refractivity (Wildman–Crippen MR) is 154 cm³/mol. The van der Waals surface area contributed by atoms with Crippen LogP contribution in [0.3, 0.4) is 0 Å². The molecule has 38 heavy (non-hydrogen) atoms. The topological polar surface area (TPSA) is 0 Å². The molecule has 6 rings (SSSR count). The number of rotatable bonds is 7. The van der Waals surface area contributed by atoms with E-state index >= 15 is 0 Å². The summed E-state index contributed by atoms with van der Waals surface area (Å²) in [4.78, 5) is 0. The minimum absolute atomic E-state index is 0. The zero-order valence-corrected chi connectivity index (χ0v) is 27.5. The average molecular weight is 633 g/mol. The average Bonchev–Trinajstić information content (AvgIpc) is 3.45. The second-order valence-electron chi connectivity index (χ2n) is 10.6. The molecule has 0 N–H and O–H groups in total. The van der Waals surface area contributed by atoms with E-state index in [1.165, 1.54) is 58.2 Å². The van der Waals surface area contributed by atoms with Crippen molar-refractivity contribution in [3.05, 3.63) is 118 Å². The SMILES string of the molecule is CCCCC1=Cc2c(-c3ccccc3)cccc2C1c1[c]([Zr+2][SiH](C)C)ccc2c1Cc1ccccc1-2.[Cl-].[Cl-]. The molecule has 0 fully saturated rings. The van der Waals surface area contributed by atoms with Crippen molar-refractivity contribution in [2.24, 2.45) is 0 Å². The molecule has 0 saturated carbocycles. The first kappa shape index (κ1) is 29.3. The first-order valence-corrected chi connectivity index (χ1v) is 21.9. The Kier molecular flexibility index (Phi) is 9.75. The van der Waals surface area contributed by atoms with Crippen LogP contribution >= 0.6 is 0 Å². The molecule has 4 aromatic carbocycles. The first-order valence-electron chi connectivity index (χ1n) is 13.5. The van der Waals surface area contributed by atoms with Crippen LogP contribution in [0, 0.1) is 0 Å². The van der Waals surface area contributed by atoms with Gasteiger partial charge in [0.15, 0.2) is 0 Å². The molecule has 0 bridgehead atoms. The maximum absolute atomic E-state index is 2.58. The van der Waals surface area contributed by atoms with Gasteiger partial charge in [0.25, 0.3) is 0 Å². The van der Waals surface area contributed by atoms with Crippen molar-refractivity contribution in [1.29, 1.82) is 0 Å². The Hall–Kier alpha value is -1.70. The van der Waals surface area contributed by atoms with E-state index in [1.807, 2.05) is 0 Å². The van der Waals surface area contributed by atoms with Gasteiger partial charge in [0.2, 0.25) is 0 Å². The summed E-state index contributed by atoms with van der Waals surface area (Å²) in [5, 5.41) is 0. The van der Waals surface area contributed by atoms with Crippen LogP contribution in [0.5, 0.6) is 0 Å². The molecule has 2 aliphatic rings. The van der Waals surface area contributed by atoms with E-state index < -0.39 is 28.3 Å². The van der Waals surface area contributed by atoms with Gasteiger partial charge in [-0.3, -0.25) is 0 Å². The van der Waals surface area contributed by atoms with Crippen LogP contribution in [0.1, 0.15) is 59.9 Å². The van der Waals surface area contributed by atoms with Gasteiger partial charge in [0.05, 0.1) is 0 Å². The van der Waals surface area contributed by atoms with Crippen molar-refractivity contribution in [2.75, 3.05) is 0 Å². The van der Waals surface area contributed by atoms with Gasteiger partial charge in [-0.1, -0.05) is 0 Å². The summed E-state index contributed by atoms with van der Waals surface area (Å²) in [6.45, 7) is 7.47. The quantitative estimate of drug-likeness (QED) is 0.242. The summed E-state index contributed by atoms with van der Waals surface area (Å²) in [5.41, 5.74) is 15.2. The third-order valence-corrected chi connectivity index (χ3v) is 16.3. The molecule has 1 unspecified atom stereocenters. The van der Waals surface area contributed by atoms with Crippen molar-refractivity contribution in [3.8, 4) is 22.3 Å². The molecule has 0 nitrogen and oxygen atoms in total. The number of halogens is 2. The minimum atomic E-state index is -0.607. The number of fused-ring (bicyclic) bond motifs is 4. The molecule has 2 aliphatic carbocycles. The Morgan fingerprint density at radius 3 is 2.29 bits per heavy atom. The van der Waals surface area contributed by atoms with Crippen LogP contribution in [-0.4, -0.2) is 5.92 Å². The summed E-state index contributed by atoms with van der Waals surface area (Å²) < 4.78 is 1.78. The van der Waals surface area contributed by atoms with Crippen molar-refractivity contribution < 1.29 is 47.2 Å². The zero-order valence-electron chi connectivity index (χ0n) is 22.4. The Bertz CT molecular complexity index is 1460. The second-order valence-corrected chi connectivity index (χ2v) is 25.2. The van der Waals surface area contributed by atoms with E-state index in [-0.39, 0.29) is 24.8 Å². The number of allylic oxidation sites excluding steroid dienone is 1. The molecular weight excluding hydrogens is 599 g/mol. The van der Waals surface area contributed by atoms with Crippen LogP contribution in [0.25, 0.3) is 28.3 Å². The van der Waals surface area contributed by atoms with Gasteiger partial charge in [-0.25, -0.2) is 0 Å². The fraction of sp³-hybridized carbons (Fsp3) is 0.235. The molecule has 0 radical (unpaired) electrons. The maximum Gasteiger partial charge on any atom is -1.00 e. The molecule has 4 heteroatoms. The molecule has 4 aromatic rings. The van der Waals surface area contributed by atoms with Gasteiger partial charge < -0.3 is 24.8 Å². The molecule has 0 spiro atoms. The number of hydrogen-bond donors (Lipinski definition) is 0. The zero-order chi connectivity index (χ0) is 24.6. The predicted octanol–water partition coefficient (Wildman–Crippen LogP) is 2.34. The van der Waals surface area contributed by atoms with E-state index in [4.69, 9.17) is 0 Å². The molecule has 0 heterocycles. The summed E-state index contributed by atoms with van der Waals surface area (Å²) in [5.74, 6) is -0.188. The van der Waals surface area contributed by atoms with Gasteiger partial charge in [0.1, 0.15) is 0 Å². The second kappa shape index (κ2) is 12.6. The van der Waals surface area contributed by atoms with Crippen LogP contribution < -0.4 is 28.1 Å².